The SMILES string of the molecule is CCc1ccccc1-c1cccc(CNc2ccc(N(C)SOCC(=O)O)cc2)c1. The van der Waals surface area contributed by atoms with Crippen LogP contribution in [0.5, 0.6) is 0 Å². The highest BCUT2D eigenvalue weighted by Crippen LogP contribution is 2.26. The van der Waals surface area contributed by atoms with Crippen LogP contribution >= 0.6 is 12.2 Å². The summed E-state index contributed by atoms with van der Waals surface area (Å²) < 4.78 is 6.82. The molecule has 6 heteroatoms. The molecule has 3 rings (SSSR count). The molecule has 0 saturated carbocycles. The maximum atomic E-state index is 10.5. The Bertz CT molecular complexity index is 976. The molecule has 0 bridgehead atoms. The molecule has 0 unspecified atom stereocenters. The maximum Gasteiger partial charge on any atom is 0.331 e. The molecule has 0 heterocycles. The van der Waals surface area contributed by atoms with Crippen molar-refractivity contribution in [3.05, 3.63) is 83.9 Å². The van der Waals surface area contributed by atoms with Crippen molar-refractivity contribution in [2.75, 3.05) is 23.3 Å². The molecular weight excluding hydrogens is 396 g/mol. The monoisotopic (exact) mass is 422 g/mol. The summed E-state index contributed by atoms with van der Waals surface area (Å²) in [5.74, 6) is -0.988. The van der Waals surface area contributed by atoms with E-state index in [1.165, 1.54) is 22.3 Å². The van der Waals surface area contributed by atoms with Crippen molar-refractivity contribution in [1.82, 2.24) is 0 Å². The van der Waals surface area contributed by atoms with Gasteiger partial charge in [0.15, 0.2) is 6.61 Å². The Morgan fingerprint density at radius 1 is 1.07 bits per heavy atom. The minimum absolute atomic E-state index is 0.337. The van der Waals surface area contributed by atoms with Crippen molar-refractivity contribution in [3.63, 3.8) is 0 Å². The summed E-state index contributed by atoms with van der Waals surface area (Å²) in [7, 11) is 1.83. The first-order chi connectivity index (χ1) is 14.6. The largest absolute Gasteiger partial charge is 0.479 e. The predicted molar refractivity (Wildman–Crippen MR) is 125 cm³/mol. The van der Waals surface area contributed by atoms with E-state index in [0.717, 1.165) is 36.6 Å². The minimum atomic E-state index is -0.988. The molecule has 0 aliphatic carbocycles. The number of benzene rings is 3. The molecule has 30 heavy (non-hydrogen) atoms. The van der Waals surface area contributed by atoms with Gasteiger partial charge in [-0.15, -0.1) is 0 Å². The Hall–Kier alpha value is -2.96. The van der Waals surface area contributed by atoms with Crippen molar-refractivity contribution in [1.29, 1.82) is 0 Å². The quantitative estimate of drug-likeness (QED) is 0.326. The van der Waals surface area contributed by atoms with E-state index in [9.17, 15) is 4.79 Å². The third-order valence-electron chi connectivity index (χ3n) is 4.71. The second kappa shape index (κ2) is 10.7. The van der Waals surface area contributed by atoms with Gasteiger partial charge in [-0.05, 0) is 59.0 Å². The Labute approximate surface area is 182 Å². The highest BCUT2D eigenvalue weighted by atomic mass is 32.2. The molecule has 3 aromatic rings. The molecule has 0 aromatic heterocycles. The van der Waals surface area contributed by atoms with E-state index in [0.29, 0.717) is 0 Å². The second-order valence-corrected chi connectivity index (χ2v) is 7.77. The lowest BCUT2D eigenvalue weighted by molar-refractivity contribution is -0.138. The second-order valence-electron chi connectivity index (χ2n) is 6.84. The van der Waals surface area contributed by atoms with Gasteiger partial charge >= 0.3 is 5.97 Å². The number of nitrogens with one attached hydrogen (secondary N) is 1. The zero-order valence-electron chi connectivity index (χ0n) is 17.2. The average Bonchev–Trinajstić information content (AvgIpc) is 2.78. The van der Waals surface area contributed by atoms with Crippen molar-refractivity contribution in [2.45, 2.75) is 19.9 Å². The van der Waals surface area contributed by atoms with Crippen LogP contribution in [0.4, 0.5) is 11.4 Å². The molecule has 0 aliphatic heterocycles. The number of hydrogen-bond acceptors (Lipinski definition) is 5. The average molecular weight is 423 g/mol. The van der Waals surface area contributed by atoms with Crippen LogP contribution in [0.2, 0.25) is 0 Å². The lowest BCUT2D eigenvalue weighted by Crippen LogP contribution is -2.11. The number of carboxylic acids is 1. The number of carboxylic acid groups (broad SMARTS) is 1. The summed E-state index contributed by atoms with van der Waals surface area (Å²) >= 11 is 1.01. The van der Waals surface area contributed by atoms with Gasteiger partial charge in [0, 0.05) is 25.0 Å². The van der Waals surface area contributed by atoms with Crippen LogP contribution in [0.3, 0.4) is 0 Å². The molecule has 156 valence electrons. The molecule has 0 spiro atoms. The molecule has 0 fully saturated rings. The van der Waals surface area contributed by atoms with E-state index in [-0.39, 0.29) is 6.61 Å². The first kappa shape index (κ1) is 21.7. The summed E-state index contributed by atoms with van der Waals surface area (Å²) in [6.07, 6.45) is 1.01. The maximum absolute atomic E-state index is 10.5. The summed E-state index contributed by atoms with van der Waals surface area (Å²) in [5.41, 5.74) is 7.04. The fraction of sp³-hybridized carbons (Fsp3) is 0.208. The standard InChI is InChI=1S/C24H26N2O3S/c1-3-19-8-4-5-10-23(19)20-9-6-7-18(15-20)16-25-21-11-13-22(14-12-21)26(2)30-29-17-24(27)28/h4-15,25H,3,16-17H2,1-2H3,(H,27,28). The third-order valence-corrected chi connectivity index (χ3v) is 5.37. The third kappa shape index (κ3) is 6.02. The van der Waals surface area contributed by atoms with E-state index < -0.39 is 5.97 Å². The molecule has 0 amide bonds. The van der Waals surface area contributed by atoms with Crippen LogP contribution in [0, 0.1) is 0 Å². The van der Waals surface area contributed by atoms with Gasteiger partial charge in [0.05, 0.1) is 0 Å². The molecule has 5 nitrogen and oxygen atoms in total. The fourth-order valence-electron chi connectivity index (χ4n) is 3.15. The molecule has 0 saturated heterocycles. The van der Waals surface area contributed by atoms with E-state index in [1.54, 1.807) is 4.31 Å². The van der Waals surface area contributed by atoms with Crippen LogP contribution < -0.4 is 9.62 Å². The zero-order chi connectivity index (χ0) is 21.3. The first-order valence-electron chi connectivity index (χ1n) is 9.83. The number of hydrogen-bond donors (Lipinski definition) is 2. The van der Waals surface area contributed by atoms with Crippen LogP contribution in [-0.2, 0) is 21.9 Å². The summed E-state index contributed by atoms with van der Waals surface area (Å²) in [6.45, 7) is 2.58. The smallest absolute Gasteiger partial charge is 0.331 e. The van der Waals surface area contributed by atoms with E-state index in [1.807, 2.05) is 31.3 Å². The van der Waals surface area contributed by atoms with Crippen LogP contribution in [-0.4, -0.2) is 24.7 Å². The van der Waals surface area contributed by atoms with Gasteiger partial charge in [0.2, 0.25) is 0 Å². The van der Waals surface area contributed by atoms with Gasteiger partial charge in [-0.2, -0.15) is 0 Å². The van der Waals surface area contributed by atoms with Crippen molar-refractivity contribution < 1.29 is 14.1 Å². The highest BCUT2D eigenvalue weighted by Gasteiger charge is 2.06. The predicted octanol–water partition coefficient (Wildman–Crippen LogP) is 5.63. The van der Waals surface area contributed by atoms with Crippen LogP contribution in [0.15, 0.2) is 72.8 Å². The van der Waals surface area contributed by atoms with Crippen molar-refractivity contribution in [3.8, 4) is 11.1 Å². The van der Waals surface area contributed by atoms with E-state index in [2.05, 4.69) is 60.8 Å². The fourth-order valence-corrected chi connectivity index (χ4v) is 3.67. The Balaban J connectivity index is 1.60. The van der Waals surface area contributed by atoms with Gasteiger partial charge in [-0.1, -0.05) is 49.4 Å². The minimum Gasteiger partial charge on any atom is -0.479 e. The summed E-state index contributed by atoms with van der Waals surface area (Å²) in [6, 6.07) is 25.1. The molecular formula is C24H26N2O3S. The first-order valence-corrected chi connectivity index (χ1v) is 10.5. The van der Waals surface area contributed by atoms with E-state index >= 15 is 0 Å². The number of aryl methyl sites for hydroxylation is 1. The summed E-state index contributed by atoms with van der Waals surface area (Å²) in [4.78, 5) is 10.5. The van der Waals surface area contributed by atoms with Crippen LogP contribution in [0.1, 0.15) is 18.1 Å². The van der Waals surface area contributed by atoms with Gasteiger partial charge < -0.3 is 10.4 Å². The Morgan fingerprint density at radius 2 is 1.83 bits per heavy atom. The van der Waals surface area contributed by atoms with Gasteiger partial charge in [-0.25, -0.2) is 4.79 Å². The molecule has 0 aliphatic rings. The van der Waals surface area contributed by atoms with Crippen LogP contribution in [0.25, 0.3) is 11.1 Å². The normalized spacial score (nSPS) is 10.6. The highest BCUT2D eigenvalue weighted by molar-refractivity contribution is 7.96. The summed E-state index contributed by atoms with van der Waals surface area (Å²) in [5, 5.41) is 12.1. The number of carbonyl (C=O) groups is 1. The Kier molecular flexibility index (Phi) is 7.76. The Morgan fingerprint density at radius 3 is 2.57 bits per heavy atom. The zero-order valence-corrected chi connectivity index (χ0v) is 18.0. The van der Waals surface area contributed by atoms with Gasteiger partial charge in [-0.3, -0.25) is 8.49 Å². The molecule has 0 radical (unpaired) electrons. The van der Waals surface area contributed by atoms with Gasteiger partial charge in [0.25, 0.3) is 0 Å². The number of nitrogens with zero attached hydrogens (tertiary/aromatic N) is 1. The van der Waals surface area contributed by atoms with Gasteiger partial charge in [0.1, 0.15) is 12.2 Å². The van der Waals surface area contributed by atoms with Crippen molar-refractivity contribution in [2.24, 2.45) is 0 Å². The van der Waals surface area contributed by atoms with Crippen molar-refractivity contribution >= 4 is 29.6 Å². The number of anilines is 2. The number of aliphatic carboxylic acids is 1. The molecule has 2 N–H and O–H groups in total. The molecule has 3 aromatic carbocycles. The topological polar surface area (TPSA) is 61.8 Å². The lowest BCUT2D eigenvalue weighted by Gasteiger charge is -2.17. The van der Waals surface area contributed by atoms with E-state index in [4.69, 9.17) is 9.29 Å². The molecule has 0 atom stereocenters. The number of rotatable bonds is 10. The lowest BCUT2D eigenvalue weighted by atomic mass is 9.97.